The van der Waals surface area contributed by atoms with E-state index in [0.717, 1.165) is 11.1 Å². The first-order chi connectivity index (χ1) is 14.9. The minimum absolute atomic E-state index is 0.109. The van der Waals surface area contributed by atoms with Gasteiger partial charge in [-0.15, -0.1) is 6.58 Å². The quantitative estimate of drug-likeness (QED) is 0.374. The van der Waals surface area contributed by atoms with Crippen molar-refractivity contribution in [3.63, 3.8) is 0 Å². The van der Waals surface area contributed by atoms with Crippen LogP contribution in [0.15, 0.2) is 96.4 Å². The molecule has 0 aliphatic carbocycles. The molecule has 0 spiro atoms. The van der Waals surface area contributed by atoms with Crippen LogP contribution in [0.3, 0.4) is 0 Å². The molecule has 0 aliphatic rings. The number of hydrogen-bond donors (Lipinski definition) is 3. The van der Waals surface area contributed by atoms with Gasteiger partial charge >= 0.3 is 0 Å². The van der Waals surface area contributed by atoms with Crippen LogP contribution >= 0.6 is 12.2 Å². The third-order valence-corrected chi connectivity index (χ3v) is 5.97. The number of carbonyl (C=O) groups is 1. The molecule has 0 atom stereocenters. The molecule has 0 radical (unpaired) electrons. The molecule has 31 heavy (non-hydrogen) atoms. The van der Waals surface area contributed by atoms with Crippen LogP contribution in [0.5, 0.6) is 0 Å². The largest absolute Gasteiger partial charge is 0.332 e. The fourth-order valence-electron chi connectivity index (χ4n) is 2.75. The Hall–Kier alpha value is -3.33. The summed E-state index contributed by atoms with van der Waals surface area (Å²) in [7, 11) is -3.60. The Morgan fingerprint density at radius 1 is 0.903 bits per heavy atom. The Balaban J connectivity index is 1.59. The van der Waals surface area contributed by atoms with Gasteiger partial charge in [-0.2, -0.15) is 0 Å². The molecule has 0 bridgehead atoms. The van der Waals surface area contributed by atoms with Crippen LogP contribution < -0.4 is 15.4 Å². The van der Waals surface area contributed by atoms with Gasteiger partial charge in [0.15, 0.2) is 5.11 Å². The number of anilines is 1. The number of rotatable bonds is 7. The van der Waals surface area contributed by atoms with Crippen LogP contribution in [0.4, 0.5) is 5.69 Å². The highest BCUT2D eigenvalue weighted by Gasteiger charge is 2.13. The molecule has 8 heteroatoms. The Morgan fingerprint density at radius 3 is 2.13 bits per heavy atom. The van der Waals surface area contributed by atoms with E-state index in [1.54, 1.807) is 24.3 Å². The predicted molar refractivity (Wildman–Crippen MR) is 127 cm³/mol. The Kier molecular flexibility index (Phi) is 7.30. The summed E-state index contributed by atoms with van der Waals surface area (Å²) in [5.41, 5.74) is 3.10. The number of benzene rings is 3. The highest BCUT2D eigenvalue weighted by molar-refractivity contribution is 7.89. The van der Waals surface area contributed by atoms with Gasteiger partial charge < -0.3 is 5.32 Å². The van der Waals surface area contributed by atoms with Gasteiger partial charge in [-0.1, -0.05) is 48.5 Å². The summed E-state index contributed by atoms with van der Waals surface area (Å²) in [6.45, 7) is 3.63. The van der Waals surface area contributed by atoms with Gasteiger partial charge in [0.2, 0.25) is 10.0 Å². The summed E-state index contributed by atoms with van der Waals surface area (Å²) in [5, 5.41) is 5.59. The second kappa shape index (κ2) is 10.1. The zero-order valence-electron chi connectivity index (χ0n) is 16.5. The lowest BCUT2D eigenvalue weighted by Crippen LogP contribution is -2.34. The summed E-state index contributed by atoms with van der Waals surface area (Å²) in [6.07, 6.45) is 1.46. The summed E-state index contributed by atoms with van der Waals surface area (Å²) in [6, 6.07) is 23.1. The minimum Gasteiger partial charge on any atom is -0.332 e. The van der Waals surface area contributed by atoms with Crippen molar-refractivity contribution in [1.82, 2.24) is 10.0 Å². The first kappa shape index (κ1) is 22.4. The van der Waals surface area contributed by atoms with E-state index >= 15 is 0 Å². The predicted octanol–water partition coefficient (Wildman–Crippen LogP) is 3.94. The lowest BCUT2D eigenvalue weighted by Gasteiger charge is -2.11. The molecular formula is C23H21N3O3S2. The smallest absolute Gasteiger partial charge is 0.257 e. The Labute approximate surface area is 187 Å². The van der Waals surface area contributed by atoms with E-state index in [9.17, 15) is 13.2 Å². The van der Waals surface area contributed by atoms with Gasteiger partial charge in [0.1, 0.15) is 0 Å². The van der Waals surface area contributed by atoms with Gasteiger partial charge in [0.25, 0.3) is 5.91 Å². The molecule has 0 unspecified atom stereocenters. The van der Waals surface area contributed by atoms with E-state index in [-0.39, 0.29) is 22.5 Å². The SMILES string of the molecule is C=CCNS(=O)(=O)c1ccc(NC(=S)NC(=O)c2ccc(-c3ccccc3)cc2)cc1. The summed E-state index contributed by atoms with van der Waals surface area (Å²) < 4.78 is 26.6. The van der Waals surface area contributed by atoms with E-state index in [2.05, 4.69) is 21.9 Å². The molecule has 3 aromatic rings. The summed E-state index contributed by atoms with van der Waals surface area (Å²) in [5.74, 6) is -0.343. The number of amides is 1. The average Bonchev–Trinajstić information content (AvgIpc) is 2.78. The Morgan fingerprint density at radius 2 is 1.52 bits per heavy atom. The highest BCUT2D eigenvalue weighted by Crippen LogP contribution is 2.19. The van der Waals surface area contributed by atoms with Gasteiger partial charge in [-0.05, 0) is 59.7 Å². The van der Waals surface area contributed by atoms with Gasteiger partial charge in [-0.25, -0.2) is 13.1 Å². The molecule has 0 saturated carbocycles. The lowest BCUT2D eigenvalue weighted by molar-refractivity contribution is 0.0977. The van der Waals surface area contributed by atoms with E-state index < -0.39 is 10.0 Å². The van der Waals surface area contributed by atoms with E-state index in [1.807, 2.05) is 42.5 Å². The second-order valence-corrected chi connectivity index (χ2v) is 8.69. The first-order valence-electron chi connectivity index (χ1n) is 9.37. The molecule has 3 rings (SSSR count). The molecule has 1 amide bonds. The second-order valence-electron chi connectivity index (χ2n) is 6.52. The topological polar surface area (TPSA) is 87.3 Å². The molecule has 6 nitrogen and oxygen atoms in total. The standard InChI is InChI=1S/C23H21N3O3S2/c1-2-16-24-31(28,29)21-14-12-20(13-15-21)25-23(30)26-22(27)19-10-8-18(9-11-19)17-6-4-3-5-7-17/h2-15,24H,1,16H2,(H2,25,26,27,30). The van der Waals surface area contributed by atoms with Crippen molar-refractivity contribution < 1.29 is 13.2 Å². The molecule has 0 aliphatic heterocycles. The van der Waals surface area contributed by atoms with Gasteiger partial charge in [-0.3, -0.25) is 10.1 Å². The maximum absolute atomic E-state index is 12.4. The van der Waals surface area contributed by atoms with Crippen molar-refractivity contribution in [1.29, 1.82) is 0 Å². The van der Waals surface area contributed by atoms with Crippen LogP contribution in [-0.4, -0.2) is 26.0 Å². The van der Waals surface area contributed by atoms with Crippen molar-refractivity contribution >= 4 is 38.9 Å². The lowest BCUT2D eigenvalue weighted by atomic mass is 10.0. The van der Waals surface area contributed by atoms with E-state index in [4.69, 9.17) is 12.2 Å². The molecule has 0 aromatic heterocycles. The Bertz CT molecular complexity index is 1180. The van der Waals surface area contributed by atoms with Crippen LogP contribution in [0.1, 0.15) is 10.4 Å². The summed E-state index contributed by atoms with van der Waals surface area (Å²) in [4.78, 5) is 12.6. The molecule has 3 N–H and O–H groups in total. The number of thiocarbonyl (C=S) groups is 1. The molecule has 3 aromatic carbocycles. The summed E-state index contributed by atoms with van der Waals surface area (Å²) >= 11 is 5.19. The van der Waals surface area contributed by atoms with E-state index in [0.29, 0.717) is 11.3 Å². The zero-order chi connectivity index (χ0) is 22.3. The third kappa shape index (κ3) is 6.08. The number of hydrogen-bond acceptors (Lipinski definition) is 4. The fourth-order valence-corrected chi connectivity index (χ4v) is 3.96. The van der Waals surface area contributed by atoms with Crippen molar-refractivity contribution in [3.8, 4) is 11.1 Å². The van der Waals surface area contributed by atoms with Crippen molar-refractivity contribution in [3.05, 3.63) is 97.1 Å². The van der Waals surface area contributed by atoms with Crippen molar-refractivity contribution in [2.45, 2.75) is 4.90 Å². The maximum Gasteiger partial charge on any atom is 0.257 e. The van der Waals surface area contributed by atoms with Crippen molar-refractivity contribution in [2.24, 2.45) is 0 Å². The maximum atomic E-state index is 12.4. The first-order valence-corrected chi connectivity index (χ1v) is 11.3. The van der Waals surface area contributed by atoms with Crippen molar-refractivity contribution in [2.75, 3.05) is 11.9 Å². The molecule has 0 saturated heterocycles. The zero-order valence-corrected chi connectivity index (χ0v) is 18.2. The average molecular weight is 452 g/mol. The van der Waals surface area contributed by atoms with Gasteiger partial charge in [0, 0.05) is 17.8 Å². The number of nitrogens with one attached hydrogen (secondary N) is 3. The van der Waals surface area contributed by atoms with Crippen LogP contribution in [0.25, 0.3) is 11.1 Å². The third-order valence-electron chi connectivity index (χ3n) is 4.32. The van der Waals surface area contributed by atoms with Crippen LogP contribution in [0.2, 0.25) is 0 Å². The van der Waals surface area contributed by atoms with Crippen LogP contribution in [-0.2, 0) is 10.0 Å². The molecular weight excluding hydrogens is 430 g/mol. The number of sulfonamides is 1. The molecule has 0 heterocycles. The van der Waals surface area contributed by atoms with Crippen LogP contribution in [0, 0.1) is 0 Å². The van der Waals surface area contributed by atoms with Gasteiger partial charge in [0.05, 0.1) is 4.90 Å². The monoisotopic (exact) mass is 451 g/mol. The van der Waals surface area contributed by atoms with E-state index in [1.165, 1.54) is 18.2 Å². The molecule has 158 valence electrons. The highest BCUT2D eigenvalue weighted by atomic mass is 32.2. The fraction of sp³-hybridized carbons (Fsp3) is 0.0435. The molecule has 0 fully saturated rings. The normalized spacial score (nSPS) is 10.8. The number of carbonyl (C=O) groups excluding carboxylic acids is 1. The minimum atomic E-state index is -3.60.